The first-order chi connectivity index (χ1) is 12.2. The number of pyridine rings is 1. The monoisotopic (exact) mass is 333 g/mol. The van der Waals surface area contributed by atoms with E-state index in [1.165, 1.54) is 5.56 Å². The molecule has 0 radical (unpaired) electrons. The summed E-state index contributed by atoms with van der Waals surface area (Å²) in [6.07, 6.45) is 4.55. The number of nitrogens with zero attached hydrogens (tertiary/aromatic N) is 3. The highest BCUT2D eigenvalue weighted by Crippen LogP contribution is 2.25. The highest BCUT2D eigenvalue weighted by atomic mass is 15.2. The lowest BCUT2D eigenvalue weighted by Crippen LogP contribution is -2.16. The van der Waals surface area contributed by atoms with E-state index >= 15 is 0 Å². The minimum absolute atomic E-state index is 0.305. The van der Waals surface area contributed by atoms with Gasteiger partial charge in [-0.2, -0.15) is 4.98 Å². The average Bonchev–Trinajstić information content (AvgIpc) is 2.64. The number of nitrogens with one attached hydrogen (secondary N) is 2. The summed E-state index contributed by atoms with van der Waals surface area (Å²) < 4.78 is 0. The summed E-state index contributed by atoms with van der Waals surface area (Å²) in [5.74, 6) is 1.39. The van der Waals surface area contributed by atoms with Crippen molar-refractivity contribution in [1.82, 2.24) is 15.0 Å². The van der Waals surface area contributed by atoms with Crippen molar-refractivity contribution < 1.29 is 0 Å². The van der Waals surface area contributed by atoms with Crippen LogP contribution in [0.3, 0.4) is 0 Å². The molecule has 2 aromatic heterocycles. The third-order valence-corrected chi connectivity index (χ3v) is 4.10. The van der Waals surface area contributed by atoms with Crippen molar-refractivity contribution in [1.29, 1.82) is 0 Å². The first-order valence-corrected chi connectivity index (χ1v) is 8.54. The molecular weight excluding hydrogens is 310 g/mol. The molecule has 5 nitrogen and oxygen atoms in total. The minimum Gasteiger partial charge on any atom is -0.352 e. The first-order valence-electron chi connectivity index (χ1n) is 8.54. The molecule has 0 spiro atoms. The zero-order valence-electron chi connectivity index (χ0n) is 14.8. The molecule has 0 aliphatic rings. The molecule has 0 aliphatic carbocycles. The van der Waals surface area contributed by atoms with Crippen LogP contribution in [0.4, 0.5) is 17.5 Å². The van der Waals surface area contributed by atoms with Gasteiger partial charge in [0, 0.05) is 35.8 Å². The Balaban J connectivity index is 1.99. The number of aryl methyl sites for hydroxylation is 1. The maximum atomic E-state index is 4.67. The summed E-state index contributed by atoms with van der Waals surface area (Å²) in [5.41, 5.74) is 4.08. The lowest BCUT2D eigenvalue weighted by Gasteiger charge is -2.15. The summed E-state index contributed by atoms with van der Waals surface area (Å²) >= 11 is 0. The molecule has 3 aromatic rings. The van der Waals surface area contributed by atoms with Crippen molar-refractivity contribution in [2.24, 2.45) is 0 Å². The number of anilines is 3. The molecule has 0 saturated heterocycles. The summed E-state index contributed by atoms with van der Waals surface area (Å²) in [4.78, 5) is 13.4. The molecule has 0 bridgehead atoms. The highest BCUT2D eigenvalue weighted by Gasteiger charge is 2.09. The highest BCUT2D eigenvalue weighted by molar-refractivity contribution is 5.68. The Kier molecular flexibility index (Phi) is 5.23. The van der Waals surface area contributed by atoms with Crippen LogP contribution in [0, 0.1) is 6.92 Å². The standard InChI is InChI=1S/C20H23N5/c1-4-15(3)22-20-24-18(16-9-11-21-12-10-16)13-19(25-20)23-17-8-6-5-7-14(17)2/h5-13,15H,4H2,1-3H3,(H2,22,23,24,25)/t15-/m0/s1. The van der Waals surface area contributed by atoms with Gasteiger partial charge in [0.15, 0.2) is 0 Å². The van der Waals surface area contributed by atoms with Crippen LogP contribution in [-0.4, -0.2) is 21.0 Å². The predicted octanol–water partition coefficient (Wildman–Crippen LogP) is 4.80. The Bertz CT molecular complexity index is 832. The van der Waals surface area contributed by atoms with Gasteiger partial charge in [-0.1, -0.05) is 25.1 Å². The van der Waals surface area contributed by atoms with Gasteiger partial charge in [0.1, 0.15) is 5.82 Å². The third kappa shape index (κ3) is 4.32. The molecule has 3 rings (SSSR count). The largest absolute Gasteiger partial charge is 0.352 e. The van der Waals surface area contributed by atoms with Crippen molar-refractivity contribution >= 4 is 17.5 Å². The number of para-hydroxylation sites is 1. The SMILES string of the molecule is CC[C@H](C)Nc1nc(Nc2ccccc2C)cc(-c2ccncc2)n1. The number of benzene rings is 1. The van der Waals surface area contributed by atoms with Gasteiger partial charge < -0.3 is 10.6 Å². The lowest BCUT2D eigenvalue weighted by atomic mass is 10.2. The predicted molar refractivity (Wildman–Crippen MR) is 103 cm³/mol. The average molecular weight is 333 g/mol. The molecule has 0 aliphatic heterocycles. The van der Waals surface area contributed by atoms with Gasteiger partial charge in [-0.3, -0.25) is 4.98 Å². The van der Waals surface area contributed by atoms with Gasteiger partial charge in [0.05, 0.1) is 5.69 Å². The van der Waals surface area contributed by atoms with E-state index in [0.717, 1.165) is 29.2 Å². The van der Waals surface area contributed by atoms with E-state index in [2.05, 4.69) is 52.4 Å². The number of rotatable bonds is 6. The molecule has 25 heavy (non-hydrogen) atoms. The topological polar surface area (TPSA) is 62.7 Å². The maximum absolute atomic E-state index is 4.67. The van der Waals surface area contributed by atoms with Crippen LogP contribution in [0.15, 0.2) is 54.9 Å². The number of hydrogen-bond donors (Lipinski definition) is 2. The number of hydrogen-bond acceptors (Lipinski definition) is 5. The van der Waals surface area contributed by atoms with E-state index in [1.54, 1.807) is 12.4 Å². The molecule has 0 unspecified atom stereocenters. The quantitative estimate of drug-likeness (QED) is 0.678. The molecule has 0 amide bonds. The van der Waals surface area contributed by atoms with Gasteiger partial charge in [-0.15, -0.1) is 0 Å². The van der Waals surface area contributed by atoms with Gasteiger partial charge in [-0.25, -0.2) is 4.98 Å². The van der Waals surface area contributed by atoms with Crippen LogP contribution in [0.5, 0.6) is 0 Å². The van der Waals surface area contributed by atoms with Gasteiger partial charge >= 0.3 is 0 Å². The van der Waals surface area contributed by atoms with Crippen LogP contribution < -0.4 is 10.6 Å². The van der Waals surface area contributed by atoms with Crippen LogP contribution in [0.1, 0.15) is 25.8 Å². The summed E-state index contributed by atoms with van der Waals surface area (Å²) in [5, 5.41) is 6.77. The van der Waals surface area contributed by atoms with Crippen LogP contribution in [0.2, 0.25) is 0 Å². The number of aromatic nitrogens is 3. The Morgan fingerprint density at radius 1 is 1.04 bits per heavy atom. The van der Waals surface area contributed by atoms with Gasteiger partial charge in [0.25, 0.3) is 0 Å². The second-order valence-corrected chi connectivity index (χ2v) is 6.09. The van der Waals surface area contributed by atoms with E-state index in [4.69, 9.17) is 0 Å². The maximum Gasteiger partial charge on any atom is 0.225 e. The van der Waals surface area contributed by atoms with E-state index in [-0.39, 0.29) is 0 Å². The van der Waals surface area contributed by atoms with E-state index in [1.807, 2.05) is 36.4 Å². The fraction of sp³-hybridized carbons (Fsp3) is 0.250. The van der Waals surface area contributed by atoms with E-state index in [0.29, 0.717) is 12.0 Å². The van der Waals surface area contributed by atoms with E-state index in [9.17, 15) is 0 Å². The molecule has 1 atom stereocenters. The van der Waals surface area contributed by atoms with Gasteiger partial charge in [-0.05, 0) is 44.0 Å². The van der Waals surface area contributed by atoms with Gasteiger partial charge in [0.2, 0.25) is 5.95 Å². The smallest absolute Gasteiger partial charge is 0.225 e. The summed E-state index contributed by atoms with van der Waals surface area (Å²) in [7, 11) is 0. The molecule has 5 heteroatoms. The second-order valence-electron chi connectivity index (χ2n) is 6.09. The molecule has 0 fully saturated rings. The molecule has 0 saturated carbocycles. The van der Waals surface area contributed by atoms with E-state index < -0.39 is 0 Å². The van der Waals surface area contributed by atoms with Crippen LogP contribution >= 0.6 is 0 Å². The first kappa shape index (κ1) is 16.9. The summed E-state index contributed by atoms with van der Waals surface area (Å²) in [6, 6.07) is 14.3. The van der Waals surface area contributed by atoms with Crippen molar-refractivity contribution in [3.05, 3.63) is 60.4 Å². The zero-order valence-corrected chi connectivity index (χ0v) is 14.8. The van der Waals surface area contributed by atoms with Crippen molar-refractivity contribution in [2.45, 2.75) is 33.2 Å². The van der Waals surface area contributed by atoms with Crippen LogP contribution in [-0.2, 0) is 0 Å². The second kappa shape index (κ2) is 7.75. The summed E-state index contributed by atoms with van der Waals surface area (Å²) in [6.45, 7) is 6.33. The Morgan fingerprint density at radius 2 is 1.80 bits per heavy atom. The zero-order chi connectivity index (χ0) is 17.6. The molecule has 2 heterocycles. The Hall–Kier alpha value is -2.95. The third-order valence-electron chi connectivity index (χ3n) is 4.10. The Labute approximate surface area is 148 Å². The minimum atomic E-state index is 0.305. The molecule has 2 N–H and O–H groups in total. The Morgan fingerprint density at radius 3 is 2.52 bits per heavy atom. The molecular formula is C20H23N5. The van der Waals surface area contributed by atoms with Crippen molar-refractivity contribution in [3.63, 3.8) is 0 Å². The molecule has 128 valence electrons. The molecule has 1 aromatic carbocycles. The normalized spacial score (nSPS) is 11.8. The van der Waals surface area contributed by atoms with Crippen molar-refractivity contribution in [3.8, 4) is 11.3 Å². The van der Waals surface area contributed by atoms with Crippen LogP contribution in [0.25, 0.3) is 11.3 Å². The van der Waals surface area contributed by atoms with Crippen molar-refractivity contribution in [2.75, 3.05) is 10.6 Å². The fourth-order valence-corrected chi connectivity index (χ4v) is 2.42. The fourth-order valence-electron chi connectivity index (χ4n) is 2.42. The lowest BCUT2D eigenvalue weighted by molar-refractivity contribution is 0.753.